The molecule has 75 valence electrons. The van der Waals surface area contributed by atoms with Crippen molar-refractivity contribution >= 4 is 0 Å². The van der Waals surface area contributed by atoms with E-state index in [0.29, 0.717) is 0 Å². The van der Waals surface area contributed by atoms with Gasteiger partial charge in [0.1, 0.15) is 0 Å². The van der Waals surface area contributed by atoms with Crippen LogP contribution in [0.2, 0.25) is 0 Å². The molecule has 0 amide bonds. The summed E-state index contributed by atoms with van der Waals surface area (Å²) in [5.74, 6) is 0. The van der Waals surface area contributed by atoms with Crippen LogP contribution >= 0.6 is 0 Å². The predicted octanol–water partition coefficient (Wildman–Crippen LogP) is 2.57. The van der Waals surface area contributed by atoms with Crippen LogP contribution in [0.1, 0.15) is 16.7 Å². The van der Waals surface area contributed by atoms with Gasteiger partial charge < -0.3 is 5.11 Å². The molecule has 0 atom stereocenters. The molecule has 0 bridgehead atoms. The van der Waals surface area contributed by atoms with E-state index in [-0.39, 0.29) is 6.61 Å². The molecule has 0 saturated heterocycles. The first-order valence-electron chi connectivity index (χ1n) is 5.03. The number of benzene rings is 2. The SMILES string of the molecule is OCc1cccc(Cc2[c]cccc2)c1. The van der Waals surface area contributed by atoms with Gasteiger partial charge in [0.2, 0.25) is 0 Å². The summed E-state index contributed by atoms with van der Waals surface area (Å²) in [6, 6.07) is 19.2. The molecule has 1 nitrogen and oxygen atoms in total. The summed E-state index contributed by atoms with van der Waals surface area (Å²) in [7, 11) is 0. The maximum Gasteiger partial charge on any atom is 0.0681 e. The largest absolute Gasteiger partial charge is 0.392 e. The molecule has 0 heterocycles. The molecule has 0 aliphatic carbocycles. The van der Waals surface area contributed by atoms with E-state index in [1.165, 1.54) is 11.1 Å². The van der Waals surface area contributed by atoms with Gasteiger partial charge >= 0.3 is 0 Å². The van der Waals surface area contributed by atoms with Crippen LogP contribution in [0.15, 0.2) is 48.5 Å². The van der Waals surface area contributed by atoms with Crippen molar-refractivity contribution in [2.75, 3.05) is 0 Å². The Kier molecular flexibility index (Phi) is 3.15. The summed E-state index contributed by atoms with van der Waals surface area (Å²) in [6.07, 6.45) is 0.870. The average molecular weight is 197 g/mol. The molecule has 1 heteroatoms. The van der Waals surface area contributed by atoms with Crippen molar-refractivity contribution in [3.63, 3.8) is 0 Å². The highest BCUT2D eigenvalue weighted by atomic mass is 16.3. The van der Waals surface area contributed by atoms with Gasteiger partial charge in [-0.3, -0.25) is 0 Å². The zero-order valence-corrected chi connectivity index (χ0v) is 8.48. The topological polar surface area (TPSA) is 20.2 Å². The van der Waals surface area contributed by atoms with Crippen LogP contribution in [0, 0.1) is 6.07 Å². The second kappa shape index (κ2) is 4.76. The predicted molar refractivity (Wildman–Crippen MR) is 60.4 cm³/mol. The second-order valence-electron chi connectivity index (χ2n) is 3.54. The normalized spacial score (nSPS) is 10.2. The lowest BCUT2D eigenvalue weighted by Gasteiger charge is -2.03. The Hall–Kier alpha value is -1.60. The summed E-state index contributed by atoms with van der Waals surface area (Å²) in [6.45, 7) is 0.104. The third kappa shape index (κ3) is 2.67. The van der Waals surface area contributed by atoms with Crippen molar-refractivity contribution in [1.29, 1.82) is 0 Å². The lowest BCUT2D eigenvalue weighted by atomic mass is 10.0. The molecule has 1 N–H and O–H groups in total. The van der Waals surface area contributed by atoms with Gasteiger partial charge in [-0.25, -0.2) is 0 Å². The third-order valence-electron chi connectivity index (χ3n) is 2.34. The average Bonchev–Trinajstić information content (AvgIpc) is 2.31. The standard InChI is InChI=1S/C14H13O/c15-11-14-8-4-7-13(10-14)9-12-5-2-1-3-6-12/h1-5,7-8,10,15H,9,11H2. The van der Waals surface area contributed by atoms with Gasteiger partial charge in [0.25, 0.3) is 0 Å². The van der Waals surface area contributed by atoms with Crippen molar-refractivity contribution in [1.82, 2.24) is 0 Å². The molecule has 0 aromatic heterocycles. The van der Waals surface area contributed by atoms with E-state index < -0.39 is 0 Å². The minimum Gasteiger partial charge on any atom is -0.392 e. The Bertz CT molecular complexity index is 420. The highest BCUT2D eigenvalue weighted by Gasteiger charge is 1.97. The Labute approximate surface area is 90.0 Å². The lowest BCUT2D eigenvalue weighted by molar-refractivity contribution is 0.281. The van der Waals surface area contributed by atoms with Crippen molar-refractivity contribution in [3.8, 4) is 0 Å². The van der Waals surface area contributed by atoms with Crippen molar-refractivity contribution in [2.24, 2.45) is 0 Å². The molecule has 0 spiro atoms. The Morgan fingerprint density at radius 3 is 2.60 bits per heavy atom. The van der Waals surface area contributed by atoms with Crippen molar-refractivity contribution < 1.29 is 5.11 Å². The molecule has 0 fully saturated rings. The Morgan fingerprint density at radius 1 is 1.00 bits per heavy atom. The van der Waals surface area contributed by atoms with Crippen LogP contribution < -0.4 is 0 Å². The van der Waals surface area contributed by atoms with Crippen LogP contribution in [-0.4, -0.2) is 5.11 Å². The highest BCUT2D eigenvalue weighted by Crippen LogP contribution is 2.10. The number of rotatable bonds is 3. The van der Waals surface area contributed by atoms with E-state index in [9.17, 15) is 0 Å². The molecule has 2 aromatic carbocycles. The van der Waals surface area contributed by atoms with E-state index in [4.69, 9.17) is 5.11 Å². The molecule has 0 saturated carbocycles. The first-order chi connectivity index (χ1) is 7.38. The fourth-order valence-electron chi connectivity index (χ4n) is 1.60. The van der Waals surface area contributed by atoms with Gasteiger partial charge in [-0.2, -0.15) is 0 Å². The van der Waals surface area contributed by atoms with Crippen LogP contribution in [0.5, 0.6) is 0 Å². The van der Waals surface area contributed by atoms with Crippen LogP contribution in [0.3, 0.4) is 0 Å². The van der Waals surface area contributed by atoms with E-state index in [1.807, 2.05) is 36.4 Å². The van der Waals surface area contributed by atoms with Gasteiger partial charge in [0.05, 0.1) is 6.61 Å². The Balaban J connectivity index is 2.17. The van der Waals surface area contributed by atoms with E-state index >= 15 is 0 Å². The quantitative estimate of drug-likeness (QED) is 0.801. The maximum atomic E-state index is 9.02. The first-order valence-corrected chi connectivity index (χ1v) is 5.03. The third-order valence-corrected chi connectivity index (χ3v) is 2.34. The zero-order chi connectivity index (χ0) is 10.5. The van der Waals surface area contributed by atoms with Crippen molar-refractivity contribution in [2.45, 2.75) is 13.0 Å². The van der Waals surface area contributed by atoms with E-state index in [0.717, 1.165) is 12.0 Å². The van der Waals surface area contributed by atoms with Crippen LogP contribution in [0.25, 0.3) is 0 Å². The van der Waals surface area contributed by atoms with Crippen LogP contribution in [-0.2, 0) is 13.0 Å². The van der Waals surface area contributed by atoms with Gasteiger partial charge in [-0.15, -0.1) is 0 Å². The summed E-state index contributed by atoms with van der Waals surface area (Å²) < 4.78 is 0. The molecule has 2 rings (SSSR count). The molecule has 0 unspecified atom stereocenters. The highest BCUT2D eigenvalue weighted by molar-refractivity contribution is 5.28. The van der Waals surface area contributed by atoms with Gasteiger partial charge in [0.15, 0.2) is 0 Å². The maximum absolute atomic E-state index is 9.02. The minimum atomic E-state index is 0.104. The molecule has 15 heavy (non-hydrogen) atoms. The summed E-state index contributed by atoms with van der Waals surface area (Å²) in [4.78, 5) is 0. The fraction of sp³-hybridized carbons (Fsp3) is 0.143. The molecular weight excluding hydrogens is 184 g/mol. The Morgan fingerprint density at radius 2 is 1.87 bits per heavy atom. The molecular formula is C14H13O. The van der Waals surface area contributed by atoms with Crippen LogP contribution in [0.4, 0.5) is 0 Å². The van der Waals surface area contributed by atoms with Gasteiger partial charge in [-0.1, -0.05) is 48.5 Å². The number of hydrogen-bond acceptors (Lipinski definition) is 1. The lowest BCUT2D eigenvalue weighted by Crippen LogP contribution is -1.90. The summed E-state index contributed by atoms with van der Waals surface area (Å²) in [5, 5.41) is 9.02. The minimum absolute atomic E-state index is 0.104. The first kappa shape index (κ1) is 9.94. The van der Waals surface area contributed by atoms with E-state index in [1.54, 1.807) is 0 Å². The smallest absolute Gasteiger partial charge is 0.0681 e. The number of aliphatic hydroxyl groups excluding tert-OH is 1. The molecule has 2 aromatic rings. The summed E-state index contributed by atoms with van der Waals surface area (Å²) in [5.41, 5.74) is 3.35. The summed E-state index contributed by atoms with van der Waals surface area (Å²) >= 11 is 0. The van der Waals surface area contributed by atoms with E-state index in [2.05, 4.69) is 18.2 Å². The molecule has 0 aliphatic rings. The number of hydrogen-bond donors (Lipinski definition) is 1. The zero-order valence-electron chi connectivity index (χ0n) is 8.48. The van der Waals surface area contributed by atoms with Gasteiger partial charge in [-0.05, 0) is 29.2 Å². The fourth-order valence-corrected chi connectivity index (χ4v) is 1.60. The van der Waals surface area contributed by atoms with Crippen molar-refractivity contribution in [3.05, 3.63) is 71.3 Å². The number of aliphatic hydroxyl groups is 1. The molecule has 1 radical (unpaired) electrons. The second-order valence-corrected chi connectivity index (χ2v) is 3.54. The molecule has 0 aliphatic heterocycles. The monoisotopic (exact) mass is 197 g/mol. The van der Waals surface area contributed by atoms with Gasteiger partial charge in [0, 0.05) is 0 Å².